The van der Waals surface area contributed by atoms with Crippen molar-refractivity contribution in [2.45, 2.75) is 0 Å². The Morgan fingerprint density at radius 3 is 2.86 bits per heavy atom. The Morgan fingerprint density at radius 2 is 2.14 bits per heavy atom. The lowest BCUT2D eigenvalue weighted by atomic mass is 10.3. The van der Waals surface area contributed by atoms with Gasteiger partial charge in [-0.25, -0.2) is 0 Å². The lowest BCUT2D eigenvalue weighted by molar-refractivity contribution is 0.602. The molecule has 0 unspecified atom stereocenters. The first-order valence-corrected chi connectivity index (χ1v) is 4.32. The summed E-state index contributed by atoms with van der Waals surface area (Å²) in [6.45, 7) is 0. The molecule has 1 aromatic heterocycles. The standard InChI is InChI=1S/C10H11N3O/c1-13(2)7-11-10-12-8-5-3-4-6-9(8)14-10/h3-7H,1-2H3. The topological polar surface area (TPSA) is 41.6 Å². The van der Waals surface area contributed by atoms with Gasteiger partial charge in [0.15, 0.2) is 5.58 Å². The Bertz CT molecular complexity index is 426. The zero-order chi connectivity index (χ0) is 9.97. The molecule has 0 N–H and O–H groups in total. The van der Waals surface area contributed by atoms with Gasteiger partial charge in [0.2, 0.25) is 0 Å². The minimum atomic E-state index is 0.389. The van der Waals surface area contributed by atoms with E-state index in [1.807, 2.05) is 43.3 Å². The van der Waals surface area contributed by atoms with Crippen LogP contribution < -0.4 is 0 Å². The van der Waals surface area contributed by atoms with Gasteiger partial charge < -0.3 is 9.32 Å². The van der Waals surface area contributed by atoms with Gasteiger partial charge in [0, 0.05) is 14.1 Å². The lowest BCUT2D eigenvalue weighted by Gasteiger charge is -1.99. The van der Waals surface area contributed by atoms with Crippen LogP contribution in [-0.4, -0.2) is 30.3 Å². The maximum atomic E-state index is 5.38. The fourth-order valence-corrected chi connectivity index (χ4v) is 1.08. The van der Waals surface area contributed by atoms with Crippen molar-refractivity contribution in [3.05, 3.63) is 24.3 Å². The molecule has 4 heteroatoms. The molecule has 0 atom stereocenters. The maximum Gasteiger partial charge on any atom is 0.324 e. The fraction of sp³-hybridized carbons (Fsp3) is 0.200. The van der Waals surface area contributed by atoms with Crippen molar-refractivity contribution in [3.8, 4) is 0 Å². The van der Waals surface area contributed by atoms with E-state index in [0.717, 1.165) is 11.1 Å². The van der Waals surface area contributed by atoms with Crippen LogP contribution in [-0.2, 0) is 0 Å². The van der Waals surface area contributed by atoms with Crippen molar-refractivity contribution in [3.63, 3.8) is 0 Å². The highest BCUT2D eigenvalue weighted by Gasteiger charge is 2.01. The average Bonchev–Trinajstić information content (AvgIpc) is 2.57. The van der Waals surface area contributed by atoms with Crippen LogP contribution in [0.4, 0.5) is 6.01 Å². The molecule has 0 saturated carbocycles. The molecule has 2 rings (SSSR count). The molecule has 0 aliphatic carbocycles. The van der Waals surface area contributed by atoms with E-state index in [9.17, 15) is 0 Å². The van der Waals surface area contributed by atoms with E-state index in [2.05, 4.69) is 9.98 Å². The summed E-state index contributed by atoms with van der Waals surface area (Å²) in [6.07, 6.45) is 1.66. The number of fused-ring (bicyclic) bond motifs is 1. The number of hydrogen-bond acceptors (Lipinski definition) is 3. The highest BCUT2D eigenvalue weighted by Crippen LogP contribution is 2.19. The quantitative estimate of drug-likeness (QED) is 0.536. The normalized spacial score (nSPS) is 11.3. The zero-order valence-electron chi connectivity index (χ0n) is 8.14. The molecule has 0 aliphatic rings. The Balaban J connectivity index is 2.36. The molecule has 0 bridgehead atoms. The third kappa shape index (κ3) is 1.74. The van der Waals surface area contributed by atoms with E-state index < -0.39 is 0 Å². The molecule has 1 aromatic carbocycles. The second-order valence-electron chi connectivity index (χ2n) is 3.17. The summed E-state index contributed by atoms with van der Waals surface area (Å²) >= 11 is 0. The molecule has 72 valence electrons. The molecular formula is C10H11N3O. The molecule has 0 radical (unpaired) electrons. The number of aromatic nitrogens is 1. The van der Waals surface area contributed by atoms with E-state index in [4.69, 9.17) is 4.42 Å². The summed E-state index contributed by atoms with van der Waals surface area (Å²) in [5, 5.41) is 0. The number of nitrogens with zero attached hydrogens (tertiary/aromatic N) is 3. The van der Waals surface area contributed by atoms with Gasteiger partial charge in [0.1, 0.15) is 5.52 Å². The highest BCUT2D eigenvalue weighted by atomic mass is 16.4. The Labute approximate surface area is 81.9 Å². The van der Waals surface area contributed by atoms with Gasteiger partial charge in [0.25, 0.3) is 0 Å². The van der Waals surface area contributed by atoms with Gasteiger partial charge in [-0.1, -0.05) is 12.1 Å². The molecule has 0 aliphatic heterocycles. The van der Waals surface area contributed by atoms with Crippen LogP contribution in [0.15, 0.2) is 33.7 Å². The van der Waals surface area contributed by atoms with Crippen LogP contribution in [0.2, 0.25) is 0 Å². The number of benzene rings is 1. The summed E-state index contributed by atoms with van der Waals surface area (Å²) in [5.41, 5.74) is 1.59. The molecule has 0 fully saturated rings. The first-order chi connectivity index (χ1) is 6.75. The number of aliphatic imine (C=N–C) groups is 1. The van der Waals surface area contributed by atoms with Gasteiger partial charge in [-0.05, 0) is 12.1 Å². The van der Waals surface area contributed by atoms with Crippen LogP contribution in [0, 0.1) is 0 Å². The SMILES string of the molecule is CN(C)C=Nc1nc2ccccc2o1. The average molecular weight is 189 g/mol. The van der Waals surface area contributed by atoms with Crippen LogP contribution >= 0.6 is 0 Å². The van der Waals surface area contributed by atoms with Crippen molar-refractivity contribution in [1.29, 1.82) is 0 Å². The van der Waals surface area contributed by atoms with Crippen molar-refractivity contribution in [1.82, 2.24) is 9.88 Å². The molecule has 0 saturated heterocycles. The number of oxazole rings is 1. The minimum Gasteiger partial charge on any atom is -0.422 e. The number of rotatable bonds is 2. The summed E-state index contributed by atoms with van der Waals surface area (Å²) in [5.74, 6) is 0. The zero-order valence-corrected chi connectivity index (χ0v) is 8.14. The van der Waals surface area contributed by atoms with E-state index in [-0.39, 0.29) is 0 Å². The summed E-state index contributed by atoms with van der Waals surface area (Å²) in [4.78, 5) is 10.1. The van der Waals surface area contributed by atoms with Gasteiger partial charge in [-0.15, -0.1) is 0 Å². The molecule has 2 aromatic rings. The number of para-hydroxylation sites is 2. The second kappa shape index (κ2) is 3.49. The van der Waals surface area contributed by atoms with Gasteiger partial charge >= 0.3 is 6.01 Å². The highest BCUT2D eigenvalue weighted by molar-refractivity contribution is 5.74. The Kier molecular flexibility index (Phi) is 2.18. The fourth-order valence-electron chi connectivity index (χ4n) is 1.08. The van der Waals surface area contributed by atoms with E-state index in [1.54, 1.807) is 6.34 Å². The van der Waals surface area contributed by atoms with E-state index in [1.165, 1.54) is 0 Å². The Morgan fingerprint density at radius 1 is 1.36 bits per heavy atom. The number of hydrogen-bond donors (Lipinski definition) is 0. The second-order valence-corrected chi connectivity index (χ2v) is 3.17. The predicted molar refractivity (Wildman–Crippen MR) is 55.8 cm³/mol. The van der Waals surface area contributed by atoms with Crippen LogP contribution in [0.5, 0.6) is 0 Å². The molecule has 0 spiro atoms. The van der Waals surface area contributed by atoms with Crippen LogP contribution in [0.3, 0.4) is 0 Å². The molecule has 0 amide bonds. The summed E-state index contributed by atoms with van der Waals surface area (Å²) < 4.78 is 5.38. The van der Waals surface area contributed by atoms with E-state index in [0.29, 0.717) is 6.01 Å². The molecule has 4 nitrogen and oxygen atoms in total. The Hall–Kier alpha value is -1.84. The lowest BCUT2D eigenvalue weighted by Crippen LogP contribution is -2.06. The van der Waals surface area contributed by atoms with Gasteiger partial charge in [-0.3, -0.25) is 0 Å². The molecule has 14 heavy (non-hydrogen) atoms. The van der Waals surface area contributed by atoms with Crippen molar-refractivity contribution in [2.24, 2.45) is 4.99 Å². The van der Waals surface area contributed by atoms with Gasteiger partial charge in [-0.2, -0.15) is 9.98 Å². The maximum absolute atomic E-state index is 5.38. The third-order valence-corrected chi connectivity index (χ3v) is 1.68. The molecule has 1 heterocycles. The van der Waals surface area contributed by atoms with E-state index >= 15 is 0 Å². The first-order valence-electron chi connectivity index (χ1n) is 4.32. The van der Waals surface area contributed by atoms with Crippen molar-refractivity contribution < 1.29 is 4.42 Å². The van der Waals surface area contributed by atoms with Gasteiger partial charge in [0.05, 0.1) is 6.34 Å². The minimum absolute atomic E-state index is 0.389. The van der Waals surface area contributed by atoms with Crippen molar-refractivity contribution in [2.75, 3.05) is 14.1 Å². The summed E-state index contributed by atoms with van der Waals surface area (Å²) in [6, 6.07) is 7.99. The third-order valence-electron chi connectivity index (χ3n) is 1.68. The van der Waals surface area contributed by atoms with Crippen molar-refractivity contribution >= 4 is 23.5 Å². The van der Waals surface area contributed by atoms with Crippen LogP contribution in [0.25, 0.3) is 11.1 Å². The molecular weight excluding hydrogens is 178 g/mol. The van der Waals surface area contributed by atoms with Crippen LogP contribution in [0.1, 0.15) is 0 Å². The predicted octanol–water partition coefficient (Wildman–Crippen LogP) is 2.05. The monoisotopic (exact) mass is 189 g/mol. The summed E-state index contributed by atoms with van der Waals surface area (Å²) in [7, 11) is 3.79. The largest absolute Gasteiger partial charge is 0.422 e. The smallest absolute Gasteiger partial charge is 0.324 e. The first kappa shape index (κ1) is 8.74.